The predicted octanol–water partition coefficient (Wildman–Crippen LogP) is 2.84. The fourth-order valence-corrected chi connectivity index (χ4v) is 2.15. The van der Waals surface area contributed by atoms with Crippen LogP contribution < -0.4 is 10.9 Å². The van der Waals surface area contributed by atoms with Gasteiger partial charge >= 0.3 is 0 Å². The normalized spacial score (nSPS) is 10.8. The Morgan fingerprint density at radius 3 is 2.90 bits per heavy atom. The van der Waals surface area contributed by atoms with Crippen LogP contribution in [0.1, 0.15) is 19.0 Å². The molecule has 20 heavy (non-hydrogen) atoms. The molecule has 0 atom stereocenters. The maximum absolute atomic E-state index is 13.2. The van der Waals surface area contributed by atoms with Crippen LogP contribution in [-0.2, 0) is 6.54 Å². The molecule has 0 amide bonds. The molecular weight excluding hydrogens is 325 g/mol. The molecule has 1 aromatic heterocycles. The Balaban J connectivity index is 2.31. The van der Waals surface area contributed by atoms with Gasteiger partial charge in [-0.3, -0.25) is 4.79 Å². The van der Waals surface area contributed by atoms with E-state index in [1.807, 2.05) is 0 Å². The van der Waals surface area contributed by atoms with Gasteiger partial charge in [0.1, 0.15) is 11.6 Å². The Morgan fingerprint density at radius 1 is 1.40 bits per heavy atom. The number of hydrogen-bond acceptors (Lipinski definition) is 3. The third kappa shape index (κ3) is 3.74. The van der Waals surface area contributed by atoms with Crippen LogP contribution in [0.3, 0.4) is 0 Å². The first-order chi connectivity index (χ1) is 9.60. The van der Waals surface area contributed by atoms with Crippen molar-refractivity contribution < 1.29 is 4.39 Å². The van der Waals surface area contributed by atoms with E-state index in [1.165, 1.54) is 12.1 Å². The van der Waals surface area contributed by atoms with Crippen LogP contribution in [0.15, 0.2) is 33.5 Å². The van der Waals surface area contributed by atoms with E-state index in [0.29, 0.717) is 28.1 Å². The molecule has 0 bridgehead atoms. The summed E-state index contributed by atoms with van der Waals surface area (Å²) in [5, 5.41) is 3.19. The molecule has 106 valence electrons. The smallest absolute Gasteiger partial charge is 0.251 e. The number of benzene rings is 1. The summed E-state index contributed by atoms with van der Waals surface area (Å²) in [6.45, 7) is 3.47. The lowest BCUT2D eigenvalue weighted by Gasteiger charge is -2.06. The molecular formula is C14H15BrFN3O. The molecule has 2 aromatic rings. The van der Waals surface area contributed by atoms with E-state index in [9.17, 15) is 9.18 Å². The predicted molar refractivity (Wildman–Crippen MR) is 79.9 cm³/mol. The molecule has 0 saturated carbocycles. The molecule has 0 radical (unpaired) electrons. The van der Waals surface area contributed by atoms with Gasteiger partial charge in [0.05, 0.1) is 10.2 Å². The molecule has 0 aliphatic rings. The zero-order chi connectivity index (χ0) is 14.5. The van der Waals surface area contributed by atoms with Gasteiger partial charge in [-0.2, -0.15) is 0 Å². The van der Waals surface area contributed by atoms with Crippen LogP contribution in [0.25, 0.3) is 11.4 Å². The van der Waals surface area contributed by atoms with Crippen molar-refractivity contribution in [1.82, 2.24) is 15.3 Å². The summed E-state index contributed by atoms with van der Waals surface area (Å²) in [7, 11) is 0. The lowest BCUT2D eigenvalue weighted by atomic mass is 10.2. The van der Waals surface area contributed by atoms with Crippen molar-refractivity contribution in [1.29, 1.82) is 0 Å². The van der Waals surface area contributed by atoms with Gasteiger partial charge in [0.15, 0.2) is 0 Å². The van der Waals surface area contributed by atoms with Crippen molar-refractivity contribution in [2.24, 2.45) is 0 Å². The molecule has 6 heteroatoms. The number of aromatic nitrogens is 2. The molecule has 2 rings (SSSR count). The number of hydrogen-bond donors (Lipinski definition) is 2. The maximum atomic E-state index is 13.2. The second kappa shape index (κ2) is 6.76. The summed E-state index contributed by atoms with van der Waals surface area (Å²) in [5.74, 6) is 0.0864. The van der Waals surface area contributed by atoms with Crippen LogP contribution in [0, 0.1) is 5.82 Å². The Morgan fingerprint density at radius 2 is 2.20 bits per heavy atom. The lowest BCUT2D eigenvalue weighted by Crippen LogP contribution is -2.18. The van der Waals surface area contributed by atoms with Crippen LogP contribution in [-0.4, -0.2) is 16.5 Å². The maximum Gasteiger partial charge on any atom is 0.251 e. The molecule has 1 heterocycles. The zero-order valence-corrected chi connectivity index (χ0v) is 12.6. The number of rotatable bonds is 5. The van der Waals surface area contributed by atoms with Gasteiger partial charge in [0.25, 0.3) is 5.56 Å². The van der Waals surface area contributed by atoms with Crippen LogP contribution in [0.2, 0.25) is 0 Å². The van der Waals surface area contributed by atoms with E-state index in [2.05, 4.69) is 38.1 Å². The van der Waals surface area contributed by atoms with E-state index in [0.717, 1.165) is 13.0 Å². The van der Waals surface area contributed by atoms with Crippen molar-refractivity contribution in [3.8, 4) is 11.4 Å². The van der Waals surface area contributed by atoms with E-state index in [1.54, 1.807) is 12.1 Å². The fraction of sp³-hybridized carbons (Fsp3) is 0.286. The second-order valence-corrected chi connectivity index (χ2v) is 5.25. The van der Waals surface area contributed by atoms with E-state index in [-0.39, 0.29) is 11.4 Å². The summed E-state index contributed by atoms with van der Waals surface area (Å²) < 4.78 is 13.6. The van der Waals surface area contributed by atoms with Crippen molar-refractivity contribution in [2.75, 3.05) is 6.54 Å². The highest BCUT2D eigenvalue weighted by molar-refractivity contribution is 9.10. The second-order valence-electron chi connectivity index (χ2n) is 4.39. The SMILES string of the molecule is CCCNCc1cc(=O)[nH]c(-c2ccc(F)c(Br)c2)n1. The Labute approximate surface area is 124 Å². The highest BCUT2D eigenvalue weighted by atomic mass is 79.9. The lowest BCUT2D eigenvalue weighted by molar-refractivity contribution is 0.621. The Kier molecular flexibility index (Phi) is 5.03. The van der Waals surface area contributed by atoms with E-state index >= 15 is 0 Å². The fourth-order valence-electron chi connectivity index (χ4n) is 1.77. The van der Waals surface area contributed by atoms with Gasteiger partial charge in [-0.15, -0.1) is 0 Å². The van der Waals surface area contributed by atoms with Crippen molar-refractivity contribution in [2.45, 2.75) is 19.9 Å². The molecule has 0 saturated heterocycles. The summed E-state index contributed by atoms with van der Waals surface area (Å²) in [6, 6.07) is 5.98. The molecule has 0 fully saturated rings. The molecule has 0 aliphatic carbocycles. The van der Waals surface area contributed by atoms with Crippen molar-refractivity contribution in [3.63, 3.8) is 0 Å². The summed E-state index contributed by atoms with van der Waals surface area (Å²) in [4.78, 5) is 18.7. The molecule has 0 spiro atoms. The first-order valence-electron chi connectivity index (χ1n) is 6.36. The Bertz CT molecular complexity index is 657. The van der Waals surface area contributed by atoms with Crippen molar-refractivity contribution in [3.05, 3.63) is 50.6 Å². The Hall–Kier alpha value is -1.53. The first kappa shape index (κ1) is 14.9. The minimum absolute atomic E-state index is 0.219. The minimum atomic E-state index is -0.350. The minimum Gasteiger partial charge on any atom is -0.311 e. The number of H-pyrrole nitrogens is 1. The summed E-state index contributed by atoms with van der Waals surface area (Å²) in [6.07, 6.45) is 1.01. The quantitative estimate of drug-likeness (QED) is 0.823. The zero-order valence-electron chi connectivity index (χ0n) is 11.0. The molecule has 0 aliphatic heterocycles. The van der Waals surface area contributed by atoms with Crippen molar-refractivity contribution >= 4 is 15.9 Å². The number of halogens is 2. The van der Waals surface area contributed by atoms with Gasteiger partial charge in [-0.05, 0) is 47.1 Å². The first-order valence-corrected chi connectivity index (χ1v) is 7.16. The van der Waals surface area contributed by atoms with Gasteiger partial charge < -0.3 is 10.3 Å². The average Bonchev–Trinajstić information content (AvgIpc) is 2.41. The highest BCUT2D eigenvalue weighted by Gasteiger charge is 2.07. The summed E-state index contributed by atoms with van der Waals surface area (Å²) >= 11 is 3.12. The van der Waals surface area contributed by atoms with Crippen LogP contribution >= 0.6 is 15.9 Å². The standard InChI is InChI=1S/C14H15BrFN3O/c1-2-5-17-8-10-7-13(20)19-14(18-10)9-3-4-12(16)11(15)6-9/h3-4,6-7,17H,2,5,8H2,1H3,(H,18,19,20). The number of nitrogens with one attached hydrogen (secondary N) is 2. The largest absolute Gasteiger partial charge is 0.311 e. The van der Waals surface area contributed by atoms with Gasteiger partial charge in [0, 0.05) is 18.2 Å². The number of aromatic amines is 1. The molecule has 0 unspecified atom stereocenters. The molecule has 2 N–H and O–H groups in total. The molecule has 4 nitrogen and oxygen atoms in total. The number of nitrogens with zero attached hydrogens (tertiary/aromatic N) is 1. The third-order valence-corrected chi connectivity index (χ3v) is 3.33. The molecule has 1 aromatic carbocycles. The van der Waals surface area contributed by atoms with Gasteiger partial charge in [-0.1, -0.05) is 6.92 Å². The monoisotopic (exact) mass is 339 g/mol. The van der Waals surface area contributed by atoms with E-state index in [4.69, 9.17) is 0 Å². The summed E-state index contributed by atoms with van der Waals surface area (Å²) in [5.41, 5.74) is 1.11. The van der Waals surface area contributed by atoms with Gasteiger partial charge in [0.2, 0.25) is 0 Å². The van der Waals surface area contributed by atoms with Gasteiger partial charge in [-0.25, -0.2) is 9.37 Å². The van der Waals surface area contributed by atoms with Crippen LogP contribution in [0.4, 0.5) is 4.39 Å². The van der Waals surface area contributed by atoms with E-state index < -0.39 is 0 Å². The van der Waals surface area contributed by atoms with Crippen LogP contribution in [0.5, 0.6) is 0 Å². The topological polar surface area (TPSA) is 57.8 Å². The average molecular weight is 340 g/mol. The third-order valence-electron chi connectivity index (χ3n) is 2.72. The highest BCUT2D eigenvalue weighted by Crippen LogP contribution is 2.22.